The summed E-state index contributed by atoms with van der Waals surface area (Å²) in [4.78, 5) is 26.0. The number of halogens is 3. The van der Waals surface area contributed by atoms with E-state index in [1.54, 1.807) is 37.3 Å². The van der Waals surface area contributed by atoms with Crippen LogP contribution in [0.2, 0.25) is 5.15 Å². The molecule has 1 aliphatic carbocycles. The summed E-state index contributed by atoms with van der Waals surface area (Å²) in [7, 11) is 5.10. The number of anilines is 3. The van der Waals surface area contributed by atoms with Crippen LogP contribution in [-0.4, -0.2) is 73.0 Å². The Morgan fingerprint density at radius 2 is 2.00 bits per heavy atom. The first-order valence-corrected chi connectivity index (χ1v) is 15.8. The van der Waals surface area contributed by atoms with Crippen LogP contribution >= 0.6 is 11.6 Å². The van der Waals surface area contributed by atoms with Crippen molar-refractivity contribution < 1.29 is 27.8 Å². The van der Waals surface area contributed by atoms with Gasteiger partial charge in [-0.2, -0.15) is 0 Å². The fraction of sp³-hybridized carbons (Fsp3) is 0.424. The molecule has 4 aromatic rings. The topological polar surface area (TPSA) is 120 Å². The number of carbonyl (C=O) groups is 1. The highest BCUT2D eigenvalue weighted by atomic mass is 35.5. The number of nitrogens with one attached hydrogen (secondary N) is 1. The summed E-state index contributed by atoms with van der Waals surface area (Å²) < 4.78 is 46.4. The van der Waals surface area contributed by atoms with Gasteiger partial charge in [0, 0.05) is 55.6 Å². The van der Waals surface area contributed by atoms with Crippen molar-refractivity contribution in [1.82, 2.24) is 19.9 Å². The molecule has 3 heterocycles. The normalized spacial score (nSPS) is 18.9. The minimum atomic E-state index is -2.72. The number of nitrogens with zero attached hydrogens (tertiary/aromatic N) is 5. The molecule has 47 heavy (non-hydrogen) atoms. The molecular weight excluding hydrogens is 632 g/mol. The van der Waals surface area contributed by atoms with Crippen LogP contribution in [0, 0.1) is 0 Å². The number of alkyl halides is 2. The quantitative estimate of drug-likeness (QED) is 0.158. The number of imidazole rings is 1. The van der Waals surface area contributed by atoms with E-state index in [9.17, 15) is 13.6 Å². The Morgan fingerprint density at radius 3 is 2.72 bits per heavy atom. The number of rotatable bonds is 10. The zero-order valence-electron chi connectivity index (χ0n) is 26.5. The Hall–Kier alpha value is -4.36. The van der Waals surface area contributed by atoms with Crippen LogP contribution in [0.4, 0.5) is 30.6 Å². The van der Waals surface area contributed by atoms with Gasteiger partial charge >= 0.3 is 6.03 Å². The van der Waals surface area contributed by atoms with Crippen molar-refractivity contribution in [1.29, 1.82) is 0 Å². The number of hydrogen-bond donors (Lipinski definition) is 2. The number of aromatic nitrogens is 3. The highest BCUT2D eigenvalue weighted by Crippen LogP contribution is 2.34. The number of hydrogen-bond acceptors (Lipinski definition) is 9. The lowest BCUT2D eigenvalue weighted by molar-refractivity contribution is -0.0323. The van der Waals surface area contributed by atoms with Crippen LogP contribution in [0.1, 0.15) is 36.8 Å². The van der Waals surface area contributed by atoms with Crippen LogP contribution < -0.4 is 30.3 Å². The number of methoxy groups -OCH3 is 2. The van der Waals surface area contributed by atoms with E-state index in [0.717, 1.165) is 24.0 Å². The van der Waals surface area contributed by atoms with Gasteiger partial charge in [-0.05, 0) is 55.2 Å². The highest BCUT2D eigenvalue weighted by Gasteiger charge is 2.36. The smallest absolute Gasteiger partial charge is 0.328 e. The molecule has 14 heteroatoms. The highest BCUT2D eigenvalue weighted by molar-refractivity contribution is 6.30. The molecule has 2 aromatic heterocycles. The first kappa shape index (κ1) is 32.6. The Balaban J connectivity index is 1.11. The van der Waals surface area contributed by atoms with Crippen LogP contribution in [0.15, 0.2) is 48.8 Å². The summed E-state index contributed by atoms with van der Waals surface area (Å²) in [6, 6.07) is 12.0. The number of carbonyl (C=O) groups excluding carboxylic acids is 1. The maximum absolute atomic E-state index is 14.0. The molecule has 0 bridgehead atoms. The molecule has 11 nitrogen and oxygen atoms in total. The minimum absolute atomic E-state index is 0.104. The van der Waals surface area contributed by atoms with Gasteiger partial charge in [-0.3, -0.25) is 0 Å². The van der Waals surface area contributed by atoms with Crippen LogP contribution in [0.3, 0.4) is 0 Å². The van der Waals surface area contributed by atoms with Crippen molar-refractivity contribution in [2.45, 2.75) is 56.9 Å². The summed E-state index contributed by atoms with van der Waals surface area (Å²) in [5, 5.41) is 3.25. The predicted octanol–water partition coefficient (Wildman–Crippen LogP) is 5.86. The Labute approximate surface area is 276 Å². The average Bonchev–Trinajstić information content (AvgIpc) is 3.46. The number of pyridine rings is 1. The molecule has 3 N–H and O–H groups in total. The first-order valence-electron chi connectivity index (χ1n) is 15.4. The lowest BCUT2D eigenvalue weighted by Crippen LogP contribution is -2.52. The van der Waals surface area contributed by atoms with E-state index >= 15 is 0 Å². The van der Waals surface area contributed by atoms with E-state index in [1.807, 2.05) is 36.2 Å². The molecular formula is C33H38ClF2N7O4. The van der Waals surface area contributed by atoms with Gasteiger partial charge in [0.25, 0.3) is 5.92 Å². The maximum Gasteiger partial charge on any atom is 0.328 e. The largest absolute Gasteiger partial charge is 0.497 e. The number of nitrogens with two attached hydrogens (primary N) is 1. The number of nitrogen functional groups attached to an aromatic ring is 1. The zero-order valence-corrected chi connectivity index (χ0v) is 27.3. The van der Waals surface area contributed by atoms with Crippen molar-refractivity contribution in [3.05, 3.63) is 65.1 Å². The summed E-state index contributed by atoms with van der Waals surface area (Å²) in [5.41, 5.74) is 10.5. The monoisotopic (exact) mass is 669 g/mol. The second kappa shape index (κ2) is 13.4. The van der Waals surface area contributed by atoms with Gasteiger partial charge in [-0.25, -0.2) is 28.1 Å². The minimum Gasteiger partial charge on any atom is -0.497 e. The van der Waals surface area contributed by atoms with E-state index < -0.39 is 12.0 Å². The predicted molar refractivity (Wildman–Crippen MR) is 177 cm³/mol. The second-order valence-corrected chi connectivity index (χ2v) is 12.5. The van der Waals surface area contributed by atoms with Crippen molar-refractivity contribution in [3.8, 4) is 11.5 Å². The molecule has 0 radical (unpaired) electrons. The van der Waals surface area contributed by atoms with Crippen LogP contribution in [-0.2, 0) is 17.9 Å². The van der Waals surface area contributed by atoms with E-state index in [-0.39, 0.29) is 36.9 Å². The molecule has 2 atom stereocenters. The van der Waals surface area contributed by atoms with Crippen molar-refractivity contribution >= 4 is 45.9 Å². The summed E-state index contributed by atoms with van der Waals surface area (Å²) in [5.74, 6) is -1.35. The van der Waals surface area contributed by atoms with Gasteiger partial charge in [-0.15, -0.1) is 0 Å². The van der Waals surface area contributed by atoms with E-state index in [0.29, 0.717) is 59.2 Å². The van der Waals surface area contributed by atoms with Gasteiger partial charge in [0.05, 0.1) is 45.2 Å². The van der Waals surface area contributed by atoms with E-state index in [2.05, 4.69) is 15.3 Å². The molecule has 0 spiro atoms. The van der Waals surface area contributed by atoms with Gasteiger partial charge < -0.3 is 35.1 Å². The van der Waals surface area contributed by atoms with Crippen LogP contribution in [0.25, 0.3) is 11.2 Å². The molecule has 0 unspecified atom stereocenters. The second-order valence-electron chi connectivity index (χ2n) is 12.1. The Bertz CT molecular complexity index is 1770. The third kappa shape index (κ3) is 7.15. The standard InChI is InChI=1S/C33H38ClF2N7O4/c1-41(16-21-5-6-24(45-2)14-28(21)46-3)26-15-29(34)40-31-30(26)38-19-43(31)32(44)39-25-7-8-27(25)47-17-20-11-22(37)13-23(12-20)42-10-4-9-33(35,36)18-42/h5-6,11-15,19,25,27H,4,7-10,16-18,37H2,1-3H3,(H,39,44)/t25-,27-/m1/s1. The van der Waals surface area contributed by atoms with Gasteiger partial charge in [-0.1, -0.05) is 11.6 Å². The van der Waals surface area contributed by atoms with Crippen molar-refractivity contribution in [2.75, 3.05) is 49.9 Å². The Morgan fingerprint density at radius 1 is 1.17 bits per heavy atom. The van der Waals surface area contributed by atoms with Crippen molar-refractivity contribution in [3.63, 3.8) is 0 Å². The Kier molecular flexibility index (Phi) is 9.29. The molecule has 2 aromatic carbocycles. The summed E-state index contributed by atoms with van der Waals surface area (Å²) in [6.07, 6.45) is 3.02. The maximum atomic E-state index is 14.0. The van der Waals surface area contributed by atoms with Gasteiger partial charge in [0.1, 0.15) is 28.5 Å². The third-order valence-electron chi connectivity index (χ3n) is 8.73. The van der Waals surface area contributed by atoms with Gasteiger partial charge in [0.2, 0.25) is 0 Å². The lowest BCUT2D eigenvalue weighted by Gasteiger charge is -2.37. The molecule has 1 saturated heterocycles. The number of fused-ring (bicyclic) bond motifs is 1. The van der Waals surface area contributed by atoms with E-state index in [1.165, 1.54) is 10.9 Å². The summed E-state index contributed by atoms with van der Waals surface area (Å²) >= 11 is 6.43. The van der Waals surface area contributed by atoms with Gasteiger partial charge in [0.15, 0.2) is 5.65 Å². The third-order valence-corrected chi connectivity index (χ3v) is 8.92. The van der Waals surface area contributed by atoms with Crippen molar-refractivity contribution in [2.24, 2.45) is 0 Å². The molecule has 1 amide bonds. The van der Waals surface area contributed by atoms with Crippen LogP contribution in [0.5, 0.6) is 11.5 Å². The zero-order chi connectivity index (χ0) is 33.3. The number of ether oxygens (including phenoxy) is 3. The first-order chi connectivity index (χ1) is 22.5. The van der Waals surface area contributed by atoms with E-state index in [4.69, 9.17) is 31.5 Å². The number of amides is 1. The number of piperidine rings is 1. The SMILES string of the molecule is COc1ccc(CN(C)c2cc(Cl)nc3c2ncn3C(=O)N[C@@H]2CC[C@H]2OCc2cc(N)cc(N3CCCC(F)(F)C3)c2)c(OC)c1. The average molecular weight is 670 g/mol. The molecule has 250 valence electrons. The number of benzene rings is 2. The molecule has 6 rings (SSSR count). The fourth-order valence-corrected chi connectivity index (χ4v) is 6.31. The summed E-state index contributed by atoms with van der Waals surface area (Å²) in [6.45, 7) is 0.931. The molecule has 2 aliphatic rings. The fourth-order valence-electron chi connectivity index (χ4n) is 6.12. The molecule has 1 saturated carbocycles. The molecule has 1 aliphatic heterocycles. The lowest BCUT2D eigenvalue weighted by atomic mass is 9.89. The molecule has 2 fully saturated rings.